The number of nitrogens with two attached hydrogens (primary N) is 2. The highest BCUT2D eigenvalue weighted by atomic mass is 35.5. The molecule has 0 aromatic rings. The van der Waals surface area contributed by atoms with E-state index in [1.807, 2.05) is 11.9 Å². The van der Waals surface area contributed by atoms with Gasteiger partial charge in [0, 0.05) is 30.8 Å². The molecule has 2 fully saturated rings. The molecule has 5 atom stereocenters. The molecule has 1 unspecified atom stereocenters. The maximum Gasteiger partial charge on any atom is 0.404 e. The van der Waals surface area contributed by atoms with Crippen molar-refractivity contribution in [2.75, 3.05) is 27.3 Å². The van der Waals surface area contributed by atoms with Gasteiger partial charge < -0.3 is 25.8 Å². The number of likely N-dealkylation sites (N-methyl/N-ethyl adjacent to an activating group) is 1. The lowest BCUT2D eigenvalue weighted by molar-refractivity contribution is -0.144. The Bertz CT molecular complexity index is 794. The Morgan fingerprint density at radius 2 is 2.00 bits per heavy atom. The molecule has 1 aliphatic carbocycles. The molecule has 26 heavy (non-hydrogen) atoms. The highest BCUT2D eigenvalue weighted by molar-refractivity contribution is 6.25. The highest BCUT2D eigenvalue weighted by Gasteiger charge is 2.75. The molecule has 1 amide bonds. The fraction of sp³-hybridized carbons (Fsp3) is 0.562. The van der Waals surface area contributed by atoms with Crippen molar-refractivity contribution >= 4 is 30.1 Å². The number of ketones is 2. The molecule has 2 saturated heterocycles. The van der Waals surface area contributed by atoms with Gasteiger partial charge in [-0.3, -0.25) is 14.5 Å². The van der Waals surface area contributed by atoms with Crippen molar-refractivity contribution in [3.05, 3.63) is 22.5 Å². The van der Waals surface area contributed by atoms with Crippen LogP contribution in [0, 0.1) is 5.92 Å². The van der Waals surface area contributed by atoms with Gasteiger partial charge in [-0.2, -0.15) is 0 Å². The molecule has 9 nitrogen and oxygen atoms in total. The van der Waals surface area contributed by atoms with E-state index < -0.39 is 23.5 Å². The Labute approximate surface area is 156 Å². The molecule has 0 saturated carbocycles. The van der Waals surface area contributed by atoms with Gasteiger partial charge >= 0.3 is 6.09 Å². The van der Waals surface area contributed by atoms with Crippen LogP contribution in [0.2, 0.25) is 0 Å². The predicted octanol–water partition coefficient (Wildman–Crippen LogP) is -0.887. The van der Waals surface area contributed by atoms with Crippen molar-refractivity contribution in [3.63, 3.8) is 0 Å². The zero-order chi connectivity index (χ0) is 18.3. The van der Waals surface area contributed by atoms with E-state index >= 15 is 0 Å². The van der Waals surface area contributed by atoms with Gasteiger partial charge in [0.2, 0.25) is 11.6 Å². The van der Waals surface area contributed by atoms with Crippen LogP contribution in [0.1, 0.15) is 6.92 Å². The first kappa shape index (κ1) is 18.7. The number of allylic oxidation sites excluding steroid dienone is 2. The van der Waals surface area contributed by atoms with Crippen LogP contribution in [-0.2, 0) is 19.1 Å². The smallest absolute Gasteiger partial charge is 0.404 e. The minimum atomic E-state index is -0.949. The predicted molar refractivity (Wildman–Crippen MR) is 92.0 cm³/mol. The van der Waals surface area contributed by atoms with Crippen LogP contribution in [0.15, 0.2) is 22.5 Å². The molecule has 142 valence electrons. The molecule has 4 aliphatic rings. The molecule has 0 aromatic heterocycles. The van der Waals surface area contributed by atoms with Gasteiger partial charge in [-0.1, -0.05) is 0 Å². The molecule has 0 bridgehead atoms. The Morgan fingerprint density at radius 3 is 2.58 bits per heavy atom. The molecule has 0 spiro atoms. The third-order valence-corrected chi connectivity index (χ3v) is 5.99. The lowest BCUT2D eigenvalue weighted by atomic mass is 9.82. The van der Waals surface area contributed by atoms with Crippen molar-refractivity contribution in [3.8, 4) is 0 Å². The van der Waals surface area contributed by atoms with Crippen molar-refractivity contribution in [2.45, 2.75) is 24.7 Å². The monoisotopic (exact) mass is 384 g/mol. The van der Waals surface area contributed by atoms with Crippen LogP contribution in [0.4, 0.5) is 4.79 Å². The van der Waals surface area contributed by atoms with E-state index in [4.69, 9.17) is 20.9 Å². The summed E-state index contributed by atoms with van der Waals surface area (Å²) in [5.41, 5.74) is 10.8. The summed E-state index contributed by atoms with van der Waals surface area (Å²) in [6, 6.07) is 0.211. The molecular weight excluding hydrogens is 364 g/mol. The number of fused-ring (bicyclic) bond motifs is 4. The molecule has 0 radical (unpaired) electrons. The number of hydrogen-bond acceptors (Lipinski definition) is 8. The largest absolute Gasteiger partial charge is 0.449 e. The van der Waals surface area contributed by atoms with Gasteiger partial charge in [0.15, 0.2) is 5.72 Å². The first-order valence-electron chi connectivity index (χ1n) is 8.04. The normalized spacial score (nSPS) is 37.3. The van der Waals surface area contributed by atoms with E-state index in [1.54, 1.807) is 6.92 Å². The summed E-state index contributed by atoms with van der Waals surface area (Å²) in [7, 11) is 3.49. The van der Waals surface area contributed by atoms with Crippen molar-refractivity contribution < 1.29 is 23.9 Å². The lowest BCUT2D eigenvalue weighted by Crippen LogP contribution is -2.55. The highest BCUT2D eigenvalue weighted by Crippen LogP contribution is 2.59. The third kappa shape index (κ3) is 1.96. The number of halogens is 1. The van der Waals surface area contributed by atoms with Crippen LogP contribution in [0.25, 0.3) is 0 Å². The molecular formula is C16H21ClN4O5. The van der Waals surface area contributed by atoms with Crippen LogP contribution in [0.5, 0.6) is 0 Å². The fourth-order valence-corrected chi connectivity index (χ4v) is 4.73. The Balaban J connectivity index is 0.00000196. The maximum atomic E-state index is 12.9. The van der Waals surface area contributed by atoms with Crippen molar-refractivity contribution in [2.24, 2.45) is 17.4 Å². The number of hydrogen-bond donors (Lipinski definition) is 2. The average Bonchev–Trinajstić information content (AvgIpc) is 2.96. The maximum absolute atomic E-state index is 12.9. The second kappa shape index (κ2) is 5.70. The summed E-state index contributed by atoms with van der Waals surface area (Å²) in [6.07, 6.45) is -0.945. The Hall–Kier alpha value is -2.10. The standard InChI is InChI=1S/C16H20N4O5.ClH/c1-6-10(17)13(22)9-7(5-25-15(18)23)16(24-3)14-8(19(14)2)4-20(16)11(9)12(6)21;/h7-8,14H,4-5,17H2,1-3H3,(H2,18,23);1H/t7-,8+,14+,16-,19?;/m1./s1. The quantitative estimate of drug-likeness (QED) is 0.474. The molecule has 10 heteroatoms. The Morgan fingerprint density at radius 1 is 1.35 bits per heavy atom. The minimum absolute atomic E-state index is 0. The van der Waals surface area contributed by atoms with Gasteiger partial charge in [0.25, 0.3) is 0 Å². The van der Waals surface area contributed by atoms with Crippen LogP contribution in [0.3, 0.4) is 0 Å². The first-order chi connectivity index (χ1) is 11.8. The van der Waals surface area contributed by atoms with Gasteiger partial charge in [-0.05, 0) is 14.0 Å². The zero-order valence-electron chi connectivity index (χ0n) is 14.6. The van der Waals surface area contributed by atoms with Gasteiger partial charge in [-0.25, -0.2) is 4.79 Å². The fourth-order valence-electron chi connectivity index (χ4n) is 4.73. The number of primary amides is 1. The number of methoxy groups -OCH3 is 1. The summed E-state index contributed by atoms with van der Waals surface area (Å²) in [6.45, 7) is 1.96. The third-order valence-electron chi connectivity index (χ3n) is 5.99. The first-order valence-corrected chi connectivity index (χ1v) is 8.04. The number of amides is 1. The van der Waals surface area contributed by atoms with E-state index in [9.17, 15) is 14.4 Å². The van der Waals surface area contributed by atoms with Crippen LogP contribution >= 0.6 is 12.4 Å². The summed E-state index contributed by atoms with van der Waals surface area (Å²) >= 11 is 0. The number of nitrogens with zero attached hydrogens (tertiary/aromatic N) is 2. The van der Waals surface area contributed by atoms with E-state index in [2.05, 4.69) is 4.90 Å². The van der Waals surface area contributed by atoms with E-state index in [1.165, 1.54) is 7.11 Å². The number of piperazine rings is 1. The number of carbonyl (C=O) groups excluding carboxylic acids is 3. The van der Waals surface area contributed by atoms with Gasteiger partial charge in [0.1, 0.15) is 6.61 Å². The number of rotatable bonds is 3. The second-order valence-electron chi connectivity index (χ2n) is 6.89. The molecule has 4 rings (SSSR count). The molecule has 4 N–H and O–H groups in total. The second-order valence-corrected chi connectivity index (χ2v) is 6.89. The SMILES string of the molecule is CO[C@@]12[C@H](COC(N)=O)C3=C(C(=O)C(C)=C(N)C3=O)N1C[C@H]1[C@@H]2N1C.Cl. The van der Waals surface area contributed by atoms with Gasteiger partial charge in [-0.15, -0.1) is 12.4 Å². The molecule has 3 heterocycles. The van der Waals surface area contributed by atoms with Crippen LogP contribution < -0.4 is 11.5 Å². The lowest BCUT2D eigenvalue weighted by Gasteiger charge is -2.40. The zero-order valence-corrected chi connectivity index (χ0v) is 15.5. The van der Waals surface area contributed by atoms with E-state index in [0.717, 1.165) is 0 Å². The summed E-state index contributed by atoms with van der Waals surface area (Å²) in [4.78, 5) is 40.8. The summed E-state index contributed by atoms with van der Waals surface area (Å²) < 4.78 is 10.9. The number of ether oxygens (including phenoxy) is 2. The van der Waals surface area contributed by atoms with Gasteiger partial charge in [0.05, 0.1) is 23.4 Å². The molecule has 3 aliphatic heterocycles. The number of Topliss-reactive ketones (excluding diaryl/α,β-unsaturated/α-hetero) is 2. The van der Waals surface area contributed by atoms with E-state index in [0.29, 0.717) is 12.2 Å². The van der Waals surface area contributed by atoms with Crippen molar-refractivity contribution in [1.29, 1.82) is 0 Å². The summed E-state index contributed by atoms with van der Waals surface area (Å²) in [5, 5.41) is 0. The topological polar surface area (TPSA) is 128 Å². The van der Waals surface area contributed by atoms with Crippen molar-refractivity contribution in [1.82, 2.24) is 9.80 Å². The Kier molecular flexibility index (Phi) is 4.10. The summed E-state index contributed by atoms with van der Waals surface area (Å²) in [5.74, 6) is -1.32. The van der Waals surface area contributed by atoms with E-state index in [-0.39, 0.29) is 53.7 Å². The van der Waals surface area contributed by atoms with Crippen LogP contribution in [-0.4, -0.2) is 72.6 Å². The number of carbonyl (C=O) groups is 3. The molecule has 0 aromatic carbocycles. The minimum Gasteiger partial charge on any atom is -0.449 e. The average molecular weight is 385 g/mol.